The maximum Gasteiger partial charge on any atom is 0.225 e. The van der Waals surface area contributed by atoms with E-state index in [9.17, 15) is 18.0 Å². The fourth-order valence-corrected chi connectivity index (χ4v) is 4.51. The van der Waals surface area contributed by atoms with Gasteiger partial charge in [-0.25, -0.2) is 13.2 Å². The number of nitrogens with zero attached hydrogens (tertiary/aromatic N) is 1. The molecule has 2 aromatic carbocycles. The molecule has 190 valence electrons. The lowest BCUT2D eigenvalue weighted by Gasteiger charge is -2.22. The SMILES string of the molecule is CC=CC(=C(C)C)c1cccnc1C(Cc1cc(F)cc(F)c1)NC(=O)Cc1c[nH]c2ccc(F)cc12. The van der Waals surface area contributed by atoms with E-state index in [4.69, 9.17) is 0 Å². The molecular weight excluding hydrogens is 475 g/mol. The molecule has 4 rings (SSSR count). The summed E-state index contributed by atoms with van der Waals surface area (Å²) >= 11 is 0. The number of carbonyl (C=O) groups excluding carboxylic acids is 1. The van der Waals surface area contributed by atoms with Crippen LogP contribution in [0.5, 0.6) is 0 Å². The van der Waals surface area contributed by atoms with E-state index in [1.165, 1.54) is 24.3 Å². The third-order valence-corrected chi connectivity index (χ3v) is 6.11. The maximum atomic E-state index is 14.0. The zero-order valence-corrected chi connectivity index (χ0v) is 20.9. The number of amides is 1. The minimum absolute atomic E-state index is 0.00992. The average molecular weight is 504 g/mol. The van der Waals surface area contributed by atoms with E-state index in [1.807, 2.05) is 45.1 Å². The lowest BCUT2D eigenvalue weighted by atomic mass is 9.93. The average Bonchev–Trinajstić information content (AvgIpc) is 3.23. The first kappa shape index (κ1) is 25.9. The number of pyridine rings is 1. The first-order valence-corrected chi connectivity index (χ1v) is 12.0. The number of H-pyrrole nitrogens is 1. The minimum atomic E-state index is -0.693. The molecule has 0 saturated carbocycles. The van der Waals surface area contributed by atoms with Gasteiger partial charge in [0.15, 0.2) is 0 Å². The molecule has 37 heavy (non-hydrogen) atoms. The summed E-state index contributed by atoms with van der Waals surface area (Å²) in [5, 5.41) is 3.64. The Balaban J connectivity index is 1.72. The Morgan fingerprint density at radius 2 is 1.81 bits per heavy atom. The highest BCUT2D eigenvalue weighted by Crippen LogP contribution is 2.29. The second kappa shape index (κ2) is 11.3. The van der Waals surface area contributed by atoms with Gasteiger partial charge in [0.25, 0.3) is 0 Å². The number of rotatable bonds is 8. The van der Waals surface area contributed by atoms with Gasteiger partial charge in [0.1, 0.15) is 17.5 Å². The topological polar surface area (TPSA) is 57.8 Å². The van der Waals surface area contributed by atoms with E-state index in [0.717, 1.165) is 28.3 Å². The Kier molecular flexibility index (Phi) is 7.92. The number of aromatic nitrogens is 2. The molecule has 1 atom stereocenters. The van der Waals surface area contributed by atoms with Crippen LogP contribution in [0.25, 0.3) is 16.5 Å². The van der Waals surface area contributed by atoms with Gasteiger partial charge < -0.3 is 10.3 Å². The third kappa shape index (κ3) is 6.17. The standard InChI is InChI=1S/C30H28F3N3O/c1-4-6-24(18(2)3)25-7-5-10-34-30(25)28(13-19-11-22(32)15-23(33)12-19)36-29(37)14-20-17-35-27-9-8-21(31)16-26(20)27/h4-12,15-17,28,35H,13-14H2,1-3H3,(H,36,37). The fraction of sp³-hybridized carbons (Fsp3) is 0.200. The van der Waals surface area contributed by atoms with Crippen LogP contribution < -0.4 is 5.32 Å². The Labute approximate surface area is 213 Å². The van der Waals surface area contributed by atoms with Gasteiger partial charge >= 0.3 is 0 Å². The Bertz CT molecular complexity index is 1480. The zero-order valence-electron chi connectivity index (χ0n) is 20.9. The molecule has 4 aromatic rings. The molecule has 2 aromatic heterocycles. The molecule has 0 fully saturated rings. The number of hydrogen-bond donors (Lipinski definition) is 2. The van der Waals surface area contributed by atoms with E-state index in [0.29, 0.717) is 22.2 Å². The monoisotopic (exact) mass is 503 g/mol. The number of halogens is 3. The summed E-state index contributed by atoms with van der Waals surface area (Å²) in [6.45, 7) is 5.88. The van der Waals surface area contributed by atoms with Crippen molar-refractivity contribution in [3.63, 3.8) is 0 Å². The van der Waals surface area contributed by atoms with Crippen LogP contribution >= 0.6 is 0 Å². The van der Waals surface area contributed by atoms with Crippen LogP contribution in [0.2, 0.25) is 0 Å². The Morgan fingerprint density at radius 3 is 2.51 bits per heavy atom. The molecule has 4 nitrogen and oxygen atoms in total. The van der Waals surface area contributed by atoms with Crippen LogP contribution in [0.15, 0.2) is 78.6 Å². The summed E-state index contributed by atoms with van der Waals surface area (Å²) in [6.07, 6.45) is 7.32. The largest absolute Gasteiger partial charge is 0.361 e. The van der Waals surface area contributed by atoms with Crippen LogP contribution in [0.4, 0.5) is 13.2 Å². The highest BCUT2D eigenvalue weighted by molar-refractivity contribution is 5.89. The van der Waals surface area contributed by atoms with Gasteiger partial charge in [-0.2, -0.15) is 0 Å². The van der Waals surface area contributed by atoms with E-state index in [-0.39, 0.29) is 18.7 Å². The van der Waals surface area contributed by atoms with E-state index in [1.54, 1.807) is 18.5 Å². The summed E-state index contributed by atoms with van der Waals surface area (Å²) in [5.41, 5.74) is 5.15. The van der Waals surface area contributed by atoms with Crippen LogP contribution in [-0.2, 0) is 17.6 Å². The second-order valence-electron chi connectivity index (χ2n) is 9.13. The Morgan fingerprint density at radius 1 is 1.05 bits per heavy atom. The number of hydrogen-bond acceptors (Lipinski definition) is 2. The molecule has 0 radical (unpaired) electrons. The van der Waals surface area contributed by atoms with E-state index in [2.05, 4.69) is 15.3 Å². The van der Waals surface area contributed by atoms with Crippen molar-refractivity contribution >= 4 is 22.4 Å². The number of carbonyl (C=O) groups is 1. The van der Waals surface area contributed by atoms with Gasteiger partial charge in [-0.1, -0.05) is 23.8 Å². The normalized spacial score (nSPS) is 12.2. The molecule has 2 N–H and O–H groups in total. The lowest BCUT2D eigenvalue weighted by molar-refractivity contribution is -0.121. The third-order valence-electron chi connectivity index (χ3n) is 6.11. The lowest BCUT2D eigenvalue weighted by Crippen LogP contribution is -2.32. The number of fused-ring (bicyclic) bond motifs is 1. The maximum absolute atomic E-state index is 14.0. The molecule has 0 bridgehead atoms. The first-order chi connectivity index (χ1) is 17.7. The summed E-state index contributed by atoms with van der Waals surface area (Å²) in [4.78, 5) is 20.9. The summed E-state index contributed by atoms with van der Waals surface area (Å²) in [6, 6.07) is 10.7. The fourth-order valence-electron chi connectivity index (χ4n) is 4.51. The van der Waals surface area contributed by atoms with Crippen LogP contribution in [0.3, 0.4) is 0 Å². The van der Waals surface area contributed by atoms with Gasteiger partial charge in [0, 0.05) is 34.9 Å². The quantitative estimate of drug-likeness (QED) is 0.255. The zero-order chi connectivity index (χ0) is 26.5. The van der Waals surface area contributed by atoms with Crippen molar-refractivity contribution < 1.29 is 18.0 Å². The molecule has 2 heterocycles. The van der Waals surface area contributed by atoms with Gasteiger partial charge in [0.05, 0.1) is 18.2 Å². The van der Waals surface area contributed by atoms with Gasteiger partial charge in [-0.05, 0) is 80.3 Å². The second-order valence-corrected chi connectivity index (χ2v) is 9.13. The van der Waals surface area contributed by atoms with Crippen LogP contribution in [-0.4, -0.2) is 15.9 Å². The van der Waals surface area contributed by atoms with Crippen molar-refractivity contribution in [2.75, 3.05) is 0 Å². The van der Waals surface area contributed by atoms with Crippen molar-refractivity contribution in [3.05, 3.63) is 118 Å². The van der Waals surface area contributed by atoms with Crippen molar-refractivity contribution in [1.29, 1.82) is 0 Å². The molecule has 1 unspecified atom stereocenters. The number of nitrogens with one attached hydrogen (secondary N) is 2. The summed E-state index contributed by atoms with van der Waals surface area (Å²) in [5.74, 6) is -2.10. The van der Waals surface area contributed by atoms with Crippen molar-refractivity contribution in [3.8, 4) is 0 Å². The molecule has 0 saturated heterocycles. The number of allylic oxidation sites excluding steroid dienone is 4. The van der Waals surface area contributed by atoms with Crippen molar-refractivity contribution in [1.82, 2.24) is 15.3 Å². The molecular formula is C30H28F3N3O. The van der Waals surface area contributed by atoms with Crippen LogP contribution in [0, 0.1) is 17.5 Å². The molecule has 0 spiro atoms. The first-order valence-electron chi connectivity index (χ1n) is 12.0. The molecule has 0 aliphatic carbocycles. The van der Waals surface area contributed by atoms with Gasteiger partial charge in [-0.15, -0.1) is 0 Å². The van der Waals surface area contributed by atoms with Crippen LogP contribution in [0.1, 0.15) is 49.2 Å². The highest BCUT2D eigenvalue weighted by Gasteiger charge is 2.23. The summed E-state index contributed by atoms with van der Waals surface area (Å²) in [7, 11) is 0. The van der Waals surface area contributed by atoms with Crippen molar-refractivity contribution in [2.45, 2.75) is 39.7 Å². The predicted molar refractivity (Wildman–Crippen MR) is 140 cm³/mol. The van der Waals surface area contributed by atoms with E-state index < -0.39 is 23.5 Å². The van der Waals surface area contributed by atoms with Gasteiger partial charge in [0.2, 0.25) is 5.91 Å². The minimum Gasteiger partial charge on any atom is -0.361 e. The van der Waals surface area contributed by atoms with Gasteiger partial charge in [-0.3, -0.25) is 9.78 Å². The molecule has 7 heteroatoms. The molecule has 0 aliphatic heterocycles. The highest BCUT2D eigenvalue weighted by atomic mass is 19.1. The summed E-state index contributed by atoms with van der Waals surface area (Å²) < 4.78 is 41.8. The smallest absolute Gasteiger partial charge is 0.225 e. The van der Waals surface area contributed by atoms with E-state index >= 15 is 0 Å². The number of benzene rings is 2. The molecule has 0 aliphatic rings. The predicted octanol–water partition coefficient (Wildman–Crippen LogP) is 6.99. The molecule has 1 amide bonds. The number of aromatic amines is 1. The van der Waals surface area contributed by atoms with Crippen molar-refractivity contribution in [2.24, 2.45) is 0 Å². The Hall–Kier alpha value is -4.13.